The van der Waals surface area contributed by atoms with Crippen LogP contribution in [0.5, 0.6) is 5.75 Å². The predicted octanol–water partition coefficient (Wildman–Crippen LogP) is 3.75. The molecule has 0 saturated carbocycles. The van der Waals surface area contributed by atoms with Gasteiger partial charge in [-0.05, 0) is 17.9 Å². The van der Waals surface area contributed by atoms with Gasteiger partial charge in [0.25, 0.3) is 5.13 Å². The van der Waals surface area contributed by atoms with Crippen molar-refractivity contribution in [1.29, 1.82) is 0 Å². The molecule has 0 aliphatic rings. The van der Waals surface area contributed by atoms with Gasteiger partial charge in [0.05, 0.1) is 0 Å². The van der Waals surface area contributed by atoms with E-state index in [1.54, 1.807) is 23.9 Å². The monoisotopic (exact) mass is 341 g/mol. The lowest BCUT2D eigenvalue weighted by molar-refractivity contribution is 0.476. The van der Waals surface area contributed by atoms with E-state index in [0.29, 0.717) is 10.8 Å². The summed E-state index contributed by atoms with van der Waals surface area (Å²) in [6.07, 6.45) is 0. The highest BCUT2D eigenvalue weighted by Crippen LogP contribution is 2.33. The zero-order chi connectivity index (χ0) is 15.2. The molecule has 6 nitrogen and oxygen atoms in total. The largest absolute Gasteiger partial charge is 0.506 e. The minimum atomic E-state index is 0.0825. The average Bonchev–Trinajstić information content (AvgIpc) is 2.91. The first-order valence-corrected chi connectivity index (χ1v) is 8.53. The van der Waals surface area contributed by atoms with Gasteiger partial charge < -0.3 is 10.0 Å². The van der Waals surface area contributed by atoms with Gasteiger partial charge in [0.2, 0.25) is 0 Å². The van der Waals surface area contributed by atoms with E-state index in [-0.39, 0.29) is 5.75 Å². The van der Waals surface area contributed by atoms with Gasteiger partial charge in [-0.15, -0.1) is 20.4 Å². The molecule has 0 fully saturated rings. The van der Waals surface area contributed by atoms with E-state index in [2.05, 4.69) is 33.1 Å². The zero-order valence-corrected chi connectivity index (χ0v) is 14.1. The number of benzene rings is 1. The van der Waals surface area contributed by atoms with Crippen LogP contribution < -0.4 is 4.90 Å². The van der Waals surface area contributed by atoms with Crippen molar-refractivity contribution >= 4 is 52.2 Å². The number of rotatable bonds is 6. The number of nitrogens with zero attached hydrogens (tertiary/aromatic N) is 5. The van der Waals surface area contributed by atoms with Gasteiger partial charge in [0.1, 0.15) is 11.4 Å². The second-order valence-electron chi connectivity index (χ2n) is 4.19. The van der Waals surface area contributed by atoms with E-state index in [9.17, 15) is 5.11 Å². The number of aromatic nitrogens is 2. The molecule has 0 amide bonds. The van der Waals surface area contributed by atoms with Crippen LogP contribution in [-0.4, -0.2) is 40.9 Å². The molecule has 2 aromatic rings. The predicted molar refractivity (Wildman–Crippen MR) is 91.1 cm³/mol. The molecule has 0 spiro atoms. The molecule has 0 aliphatic heterocycles. The van der Waals surface area contributed by atoms with E-state index in [1.165, 1.54) is 11.3 Å². The molecule has 0 aliphatic carbocycles. The standard InChI is InChI=1S/C12H15N5OS3/c1-17(2)8-3-4-9(10(18)7-8)13-14-11-15-16-12(21-11)20-6-5-19/h3-4,7,18-19H,5-6H2,1-2H3. The SMILES string of the molecule is CN(C)c1ccc(N=Nc2nnc(SCCS)s2)c(O)c1. The van der Waals surface area contributed by atoms with Crippen molar-refractivity contribution in [1.82, 2.24) is 10.2 Å². The van der Waals surface area contributed by atoms with E-state index >= 15 is 0 Å². The molecule has 21 heavy (non-hydrogen) atoms. The van der Waals surface area contributed by atoms with Gasteiger partial charge in [-0.1, -0.05) is 23.1 Å². The fourth-order valence-electron chi connectivity index (χ4n) is 1.41. The van der Waals surface area contributed by atoms with Crippen LogP contribution in [0.1, 0.15) is 0 Å². The Morgan fingerprint density at radius 3 is 2.81 bits per heavy atom. The number of hydrogen-bond acceptors (Lipinski definition) is 9. The zero-order valence-electron chi connectivity index (χ0n) is 11.6. The van der Waals surface area contributed by atoms with Crippen molar-refractivity contribution in [2.45, 2.75) is 4.34 Å². The third kappa shape index (κ3) is 4.58. The van der Waals surface area contributed by atoms with Crippen LogP contribution in [0, 0.1) is 0 Å². The molecule has 9 heteroatoms. The number of thiol groups is 1. The molecule has 1 heterocycles. The van der Waals surface area contributed by atoms with Crippen molar-refractivity contribution in [3.8, 4) is 5.75 Å². The van der Waals surface area contributed by atoms with Crippen LogP contribution in [0.2, 0.25) is 0 Å². The van der Waals surface area contributed by atoms with Crippen molar-refractivity contribution in [2.24, 2.45) is 10.2 Å². The molecule has 2 rings (SSSR count). The fourth-order valence-corrected chi connectivity index (χ4v) is 3.15. The topological polar surface area (TPSA) is 74.0 Å². The van der Waals surface area contributed by atoms with Crippen LogP contribution in [0.4, 0.5) is 16.5 Å². The average molecular weight is 341 g/mol. The highest BCUT2D eigenvalue weighted by atomic mass is 32.2. The highest BCUT2D eigenvalue weighted by Gasteiger charge is 2.05. The van der Waals surface area contributed by atoms with Crippen LogP contribution in [-0.2, 0) is 0 Å². The maximum absolute atomic E-state index is 9.91. The van der Waals surface area contributed by atoms with Gasteiger partial charge in [0.15, 0.2) is 4.34 Å². The molecule has 1 aromatic heterocycles. The Kier molecular flexibility index (Phi) is 5.83. The minimum Gasteiger partial charge on any atom is -0.506 e. The van der Waals surface area contributed by atoms with Gasteiger partial charge >= 0.3 is 0 Å². The van der Waals surface area contributed by atoms with E-state index in [1.807, 2.05) is 25.1 Å². The Morgan fingerprint density at radius 2 is 2.14 bits per heavy atom. The Morgan fingerprint density at radius 1 is 1.33 bits per heavy atom. The minimum absolute atomic E-state index is 0.0825. The maximum Gasteiger partial charge on any atom is 0.252 e. The molecule has 0 saturated heterocycles. The van der Waals surface area contributed by atoms with Crippen molar-refractivity contribution in [3.05, 3.63) is 18.2 Å². The summed E-state index contributed by atoms with van der Waals surface area (Å²) in [5.41, 5.74) is 1.30. The number of thioether (sulfide) groups is 1. The fraction of sp³-hybridized carbons (Fsp3) is 0.333. The van der Waals surface area contributed by atoms with Crippen molar-refractivity contribution < 1.29 is 5.11 Å². The summed E-state index contributed by atoms with van der Waals surface area (Å²) in [4.78, 5) is 1.90. The molecule has 112 valence electrons. The Labute approximate surface area is 136 Å². The molecular weight excluding hydrogens is 326 g/mol. The maximum atomic E-state index is 9.91. The molecule has 0 radical (unpaired) electrons. The number of azo groups is 1. The summed E-state index contributed by atoms with van der Waals surface area (Å²) >= 11 is 7.09. The second kappa shape index (κ2) is 7.62. The van der Waals surface area contributed by atoms with E-state index in [0.717, 1.165) is 21.5 Å². The number of anilines is 1. The van der Waals surface area contributed by atoms with Crippen LogP contribution >= 0.6 is 35.7 Å². The second-order valence-corrected chi connectivity index (χ2v) is 6.94. The van der Waals surface area contributed by atoms with Crippen molar-refractivity contribution in [3.63, 3.8) is 0 Å². The van der Waals surface area contributed by atoms with E-state index < -0.39 is 0 Å². The number of phenols is 1. The van der Waals surface area contributed by atoms with Gasteiger partial charge in [-0.2, -0.15) is 12.6 Å². The Bertz CT molecular complexity index is 629. The molecule has 0 atom stereocenters. The summed E-state index contributed by atoms with van der Waals surface area (Å²) in [6, 6.07) is 5.22. The number of phenolic OH excluding ortho intramolecular Hbond substituents is 1. The summed E-state index contributed by atoms with van der Waals surface area (Å²) in [6.45, 7) is 0. The van der Waals surface area contributed by atoms with Crippen LogP contribution in [0.3, 0.4) is 0 Å². The number of aromatic hydroxyl groups is 1. The summed E-state index contributed by atoms with van der Waals surface area (Å²) in [5, 5.41) is 26.3. The normalized spacial score (nSPS) is 11.2. The first-order valence-electron chi connectivity index (χ1n) is 6.09. The van der Waals surface area contributed by atoms with Crippen LogP contribution in [0.15, 0.2) is 32.8 Å². The van der Waals surface area contributed by atoms with Gasteiger partial charge in [-0.25, -0.2) is 0 Å². The third-order valence-corrected chi connectivity index (χ3v) is 4.90. The molecular formula is C12H15N5OS3. The van der Waals surface area contributed by atoms with Crippen molar-refractivity contribution in [2.75, 3.05) is 30.5 Å². The van der Waals surface area contributed by atoms with Crippen LogP contribution in [0.25, 0.3) is 0 Å². The van der Waals surface area contributed by atoms with E-state index in [4.69, 9.17) is 0 Å². The summed E-state index contributed by atoms with van der Waals surface area (Å²) in [5.74, 6) is 1.74. The first-order chi connectivity index (χ1) is 10.1. The Hall–Kier alpha value is -1.32. The molecule has 1 N–H and O–H groups in total. The molecule has 0 unspecified atom stereocenters. The Balaban J connectivity index is 2.08. The number of hydrogen-bond donors (Lipinski definition) is 2. The third-order valence-electron chi connectivity index (χ3n) is 2.43. The lowest BCUT2D eigenvalue weighted by Gasteiger charge is -2.12. The summed E-state index contributed by atoms with van der Waals surface area (Å²) < 4.78 is 0.838. The quantitative estimate of drug-likeness (QED) is 0.475. The lowest BCUT2D eigenvalue weighted by Crippen LogP contribution is -2.07. The molecule has 0 bridgehead atoms. The van der Waals surface area contributed by atoms with Gasteiger partial charge in [-0.3, -0.25) is 0 Å². The first kappa shape index (κ1) is 16.1. The highest BCUT2D eigenvalue weighted by molar-refractivity contribution is 8.01. The molecule has 1 aromatic carbocycles. The lowest BCUT2D eigenvalue weighted by atomic mass is 10.2. The summed E-state index contributed by atoms with van der Waals surface area (Å²) in [7, 11) is 3.81. The van der Waals surface area contributed by atoms with Gasteiger partial charge in [0, 0.05) is 31.6 Å². The smallest absolute Gasteiger partial charge is 0.252 e.